The predicted octanol–water partition coefficient (Wildman–Crippen LogP) is 4.66. The summed E-state index contributed by atoms with van der Waals surface area (Å²) in [6.45, 7) is 0. The summed E-state index contributed by atoms with van der Waals surface area (Å²) in [5.74, 6) is -0.143. The Morgan fingerprint density at radius 2 is 1.37 bits per heavy atom. The number of hydrogen-bond donors (Lipinski definition) is 1. The minimum atomic E-state index is -4.93. The van der Waals surface area contributed by atoms with Crippen LogP contribution >= 0.6 is 0 Å². The van der Waals surface area contributed by atoms with Crippen LogP contribution in [-0.2, 0) is 19.4 Å². The number of aryl methyl sites for hydroxylation is 1. The molecule has 0 aliphatic heterocycles. The molecule has 0 fully saturated rings. The third-order valence-electron chi connectivity index (χ3n) is 3.53. The van der Waals surface area contributed by atoms with Crippen LogP contribution in [0.25, 0.3) is 11.1 Å². The number of hydrogen-bond acceptors (Lipinski definition) is 4. The minimum absolute atomic E-state index is 0.0531. The molecular weight excluding hydrogens is 376 g/mol. The lowest BCUT2D eigenvalue weighted by molar-refractivity contribution is -0.143. The second kappa shape index (κ2) is 6.56. The standard InChI is InChI=1S/C16H11F6N5/c1-27-8-10(7-25-27)9-5-23-14(24-6-9)26-13-3-11(15(17,18)19)2-12(4-13)16(20,21)22/h2-8H,1H3,(H,23,24,26). The molecule has 0 bridgehead atoms. The number of nitrogens with one attached hydrogen (secondary N) is 1. The fraction of sp³-hybridized carbons (Fsp3) is 0.188. The van der Waals surface area contributed by atoms with E-state index in [4.69, 9.17) is 0 Å². The Kier molecular flexibility index (Phi) is 4.54. The van der Waals surface area contributed by atoms with E-state index in [9.17, 15) is 26.3 Å². The molecule has 0 atom stereocenters. The lowest BCUT2D eigenvalue weighted by Crippen LogP contribution is -2.12. The van der Waals surface area contributed by atoms with Gasteiger partial charge in [-0.25, -0.2) is 9.97 Å². The van der Waals surface area contributed by atoms with Gasteiger partial charge in [0.2, 0.25) is 5.95 Å². The van der Waals surface area contributed by atoms with E-state index in [0.717, 1.165) is 0 Å². The Balaban J connectivity index is 1.90. The molecule has 0 spiro atoms. The maximum absolute atomic E-state index is 12.9. The van der Waals surface area contributed by atoms with Crippen LogP contribution in [0.2, 0.25) is 0 Å². The van der Waals surface area contributed by atoms with E-state index in [-0.39, 0.29) is 12.0 Å². The minimum Gasteiger partial charge on any atom is -0.324 e. The normalized spacial score (nSPS) is 12.3. The van der Waals surface area contributed by atoms with Gasteiger partial charge in [0, 0.05) is 42.5 Å². The van der Waals surface area contributed by atoms with Crippen molar-refractivity contribution >= 4 is 11.6 Å². The van der Waals surface area contributed by atoms with Crippen LogP contribution in [0.5, 0.6) is 0 Å². The quantitative estimate of drug-likeness (QED) is 0.665. The zero-order valence-corrected chi connectivity index (χ0v) is 13.6. The first kappa shape index (κ1) is 18.7. The average Bonchev–Trinajstić information content (AvgIpc) is 3.00. The van der Waals surface area contributed by atoms with Crippen molar-refractivity contribution in [2.45, 2.75) is 12.4 Å². The van der Waals surface area contributed by atoms with Gasteiger partial charge >= 0.3 is 12.4 Å². The maximum Gasteiger partial charge on any atom is 0.416 e. The molecule has 27 heavy (non-hydrogen) atoms. The fourth-order valence-corrected chi connectivity index (χ4v) is 2.27. The molecule has 1 N–H and O–H groups in total. The number of benzene rings is 1. The second-order valence-electron chi connectivity index (χ2n) is 5.62. The molecule has 2 heterocycles. The summed E-state index contributed by atoms with van der Waals surface area (Å²) in [5, 5.41) is 6.35. The number of halogens is 6. The number of rotatable bonds is 3. The monoisotopic (exact) mass is 387 g/mol. The Morgan fingerprint density at radius 1 is 0.815 bits per heavy atom. The SMILES string of the molecule is Cn1cc(-c2cnc(Nc3cc(C(F)(F)F)cc(C(F)(F)F)c3)nc2)cn1. The zero-order chi connectivity index (χ0) is 19.8. The molecule has 0 saturated heterocycles. The zero-order valence-electron chi connectivity index (χ0n) is 13.6. The van der Waals surface area contributed by atoms with Crippen molar-refractivity contribution < 1.29 is 26.3 Å². The van der Waals surface area contributed by atoms with Gasteiger partial charge in [-0.05, 0) is 18.2 Å². The van der Waals surface area contributed by atoms with Crippen LogP contribution in [0.4, 0.5) is 38.0 Å². The largest absolute Gasteiger partial charge is 0.416 e. The Bertz CT molecular complexity index is 911. The number of alkyl halides is 6. The first-order valence-electron chi connectivity index (χ1n) is 7.40. The van der Waals surface area contributed by atoms with Crippen molar-refractivity contribution in [1.82, 2.24) is 19.7 Å². The first-order valence-corrected chi connectivity index (χ1v) is 7.40. The molecule has 0 saturated carbocycles. The fourth-order valence-electron chi connectivity index (χ4n) is 2.27. The van der Waals surface area contributed by atoms with Gasteiger partial charge in [-0.2, -0.15) is 31.4 Å². The summed E-state index contributed by atoms with van der Waals surface area (Å²) < 4.78 is 78.9. The van der Waals surface area contributed by atoms with E-state index in [2.05, 4.69) is 20.4 Å². The molecule has 142 valence electrons. The molecule has 11 heteroatoms. The lowest BCUT2D eigenvalue weighted by Gasteiger charge is -2.14. The molecule has 3 rings (SSSR count). The van der Waals surface area contributed by atoms with Gasteiger partial charge < -0.3 is 5.32 Å². The van der Waals surface area contributed by atoms with Crippen molar-refractivity contribution in [3.63, 3.8) is 0 Å². The highest BCUT2D eigenvalue weighted by atomic mass is 19.4. The predicted molar refractivity (Wildman–Crippen MR) is 84.0 cm³/mol. The summed E-state index contributed by atoms with van der Waals surface area (Å²) in [5.41, 5.74) is -1.97. The van der Waals surface area contributed by atoms with Crippen LogP contribution in [-0.4, -0.2) is 19.7 Å². The van der Waals surface area contributed by atoms with E-state index in [1.807, 2.05) is 0 Å². The van der Waals surface area contributed by atoms with E-state index in [1.54, 1.807) is 24.1 Å². The van der Waals surface area contributed by atoms with E-state index >= 15 is 0 Å². The second-order valence-corrected chi connectivity index (χ2v) is 5.62. The van der Waals surface area contributed by atoms with Gasteiger partial charge in [-0.1, -0.05) is 0 Å². The third-order valence-corrected chi connectivity index (χ3v) is 3.53. The maximum atomic E-state index is 12.9. The lowest BCUT2D eigenvalue weighted by atomic mass is 10.1. The topological polar surface area (TPSA) is 55.6 Å². The smallest absolute Gasteiger partial charge is 0.324 e. The van der Waals surface area contributed by atoms with Crippen molar-refractivity contribution in [3.8, 4) is 11.1 Å². The van der Waals surface area contributed by atoms with E-state index < -0.39 is 29.2 Å². The van der Waals surface area contributed by atoms with Crippen LogP contribution in [0.1, 0.15) is 11.1 Å². The molecule has 0 unspecified atom stereocenters. The van der Waals surface area contributed by atoms with Gasteiger partial charge in [0.25, 0.3) is 0 Å². The molecule has 0 aliphatic carbocycles. The average molecular weight is 387 g/mol. The van der Waals surface area contributed by atoms with Crippen LogP contribution in [0.15, 0.2) is 43.0 Å². The van der Waals surface area contributed by atoms with Crippen LogP contribution in [0, 0.1) is 0 Å². The first-order chi connectivity index (χ1) is 12.5. The van der Waals surface area contributed by atoms with Gasteiger partial charge in [-0.15, -0.1) is 0 Å². The van der Waals surface area contributed by atoms with Gasteiger partial charge in [-0.3, -0.25) is 4.68 Å². The third kappa shape index (κ3) is 4.36. The highest BCUT2D eigenvalue weighted by molar-refractivity contribution is 5.62. The molecule has 2 aromatic heterocycles. The number of aromatic nitrogens is 4. The summed E-state index contributed by atoms with van der Waals surface area (Å²) >= 11 is 0. The summed E-state index contributed by atoms with van der Waals surface area (Å²) in [7, 11) is 1.71. The Hall–Kier alpha value is -3.11. The Labute approximate surface area is 148 Å². The molecule has 0 amide bonds. The highest BCUT2D eigenvalue weighted by Crippen LogP contribution is 2.37. The van der Waals surface area contributed by atoms with Crippen molar-refractivity contribution in [2.75, 3.05) is 5.32 Å². The van der Waals surface area contributed by atoms with Crippen molar-refractivity contribution in [3.05, 3.63) is 54.1 Å². The van der Waals surface area contributed by atoms with E-state index in [0.29, 0.717) is 23.3 Å². The van der Waals surface area contributed by atoms with Crippen LogP contribution in [0.3, 0.4) is 0 Å². The number of anilines is 2. The number of nitrogens with zero attached hydrogens (tertiary/aromatic N) is 4. The van der Waals surface area contributed by atoms with Gasteiger partial charge in [0.15, 0.2) is 0 Å². The Morgan fingerprint density at radius 3 is 1.81 bits per heavy atom. The molecular formula is C16H11F6N5. The summed E-state index contributed by atoms with van der Waals surface area (Å²) in [4.78, 5) is 7.84. The molecule has 3 aromatic rings. The molecule has 5 nitrogen and oxygen atoms in total. The van der Waals surface area contributed by atoms with Crippen LogP contribution < -0.4 is 5.32 Å². The highest BCUT2D eigenvalue weighted by Gasteiger charge is 2.37. The van der Waals surface area contributed by atoms with Crippen molar-refractivity contribution in [1.29, 1.82) is 0 Å². The van der Waals surface area contributed by atoms with Gasteiger partial charge in [0.05, 0.1) is 17.3 Å². The van der Waals surface area contributed by atoms with E-state index in [1.165, 1.54) is 12.4 Å². The molecule has 0 aliphatic rings. The summed E-state index contributed by atoms with van der Waals surface area (Å²) in [6, 6.07) is 1.18. The van der Waals surface area contributed by atoms with Crippen molar-refractivity contribution in [2.24, 2.45) is 7.05 Å². The molecule has 1 aromatic carbocycles. The van der Waals surface area contributed by atoms with Gasteiger partial charge in [0.1, 0.15) is 0 Å². The summed E-state index contributed by atoms with van der Waals surface area (Å²) in [6.07, 6.45) is -3.83. The molecule has 0 radical (unpaired) electrons.